The molecule has 4 atom stereocenters. The topological polar surface area (TPSA) is 91.3 Å². The molecule has 0 radical (unpaired) electrons. The van der Waals surface area contributed by atoms with E-state index in [1.54, 1.807) is 6.92 Å². The quantitative estimate of drug-likeness (QED) is 0.184. The van der Waals surface area contributed by atoms with Gasteiger partial charge in [-0.15, -0.1) is 0 Å². The summed E-state index contributed by atoms with van der Waals surface area (Å²) in [5.41, 5.74) is -2.23. The lowest BCUT2D eigenvalue weighted by Crippen LogP contribution is -2.48. The van der Waals surface area contributed by atoms with Crippen LogP contribution in [0.4, 0.5) is 22.0 Å². The van der Waals surface area contributed by atoms with E-state index in [0.717, 1.165) is 19.3 Å². The summed E-state index contributed by atoms with van der Waals surface area (Å²) in [6.45, 7) is 1.65. The van der Waals surface area contributed by atoms with Gasteiger partial charge in [0.1, 0.15) is 0 Å². The van der Waals surface area contributed by atoms with Crippen molar-refractivity contribution in [2.45, 2.75) is 18.8 Å². The summed E-state index contributed by atoms with van der Waals surface area (Å²) in [5, 5.41) is 10.7. The monoisotopic (exact) mass is 450 g/mol. The molecular formula is C19H15F5O7. The Morgan fingerprint density at radius 2 is 1.68 bits per heavy atom. The molecule has 0 amide bonds. The number of halogens is 5. The zero-order chi connectivity index (χ0) is 23.1. The third-order valence-electron chi connectivity index (χ3n) is 4.79. The van der Waals surface area contributed by atoms with E-state index in [-0.39, 0.29) is 6.61 Å². The first kappa shape index (κ1) is 22.7. The average molecular weight is 450 g/mol. The number of carbonyl (C=O) groups excluding carboxylic acids is 2. The second kappa shape index (κ2) is 8.27. The zero-order valence-electron chi connectivity index (χ0n) is 16.0. The fraction of sp³-hybridized carbons (Fsp3) is 0.368. The molecule has 12 heteroatoms. The minimum absolute atomic E-state index is 0.0678. The van der Waals surface area contributed by atoms with Crippen LogP contribution >= 0.6 is 0 Å². The molecule has 3 rings (SSSR count). The van der Waals surface area contributed by atoms with Crippen molar-refractivity contribution in [3.63, 3.8) is 0 Å². The third-order valence-corrected chi connectivity index (χ3v) is 4.79. The fourth-order valence-electron chi connectivity index (χ4n) is 3.30. The lowest BCUT2D eigenvalue weighted by molar-refractivity contribution is -0.182. The summed E-state index contributed by atoms with van der Waals surface area (Å²) >= 11 is 0. The van der Waals surface area contributed by atoms with Crippen LogP contribution in [0.2, 0.25) is 0 Å². The molecule has 31 heavy (non-hydrogen) atoms. The highest BCUT2D eigenvalue weighted by atomic mass is 19.2. The van der Waals surface area contributed by atoms with Crippen molar-refractivity contribution < 1.29 is 55.6 Å². The van der Waals surface area contributed by atoms with Crippen LogP contribution in [-0.4, -0.2) is 42.7 Å². The third kappa shape index (κ3) is 3.65. The molecule has 168 valence electrons. The summed E-state index contributed by atoms with van der Waals surface area (Å²) in [5.74, 6) is -19.1. The summed E-state index contributed by atoms with van der Waals surface area (Å²) in [4.78, 5) is 24.5. The highest BCUT2D eigenvalue weighted by Gasteiger charge is 2.54. The normalized spacial score (nSPS) is 26.7. The van der Waals surface area contributed by atoms with Crippen LogP contribution in [0.3, 0.4) is 0 Å². The van der Waals surface area contributed by atoms with Gasteiger partial charge in [0.15, 0.2) is 5.60 Å². The van der Waals surface area contributed by atoms with Gasteiger partial charge in [0, 0.05) is 18.4 Å². The molecule has 1 aliphatic heterocycles. The Hall–Kier alpha value is -2.99. The molecule has 1 aromatic rings. The van der Waals surface area contributed by atoms with Gasteiger partial charge in [-0.25, -0.2) is 22.8 Å². The van der Waals surface area contributed by atoms with Crippen molar-refractivity contribution in [1.82, 2.24) is 0 Å². The molecular weight excluding hydrogens is 435 g/mol. The van der Waals surface area contributed by atoms with Gasteiger partial charge >= 0.3 is 11.9 Å². The van der Waals surface area contributed by atoms with E-state index in [4.69, 9.17) is 9.47 Å². The maximum Gasteiger partial charge on any atom is 0.378 e. The second-order valence-electron chi connectivity index (χ2n) is 6.54. The molecule has 1 heterocycles. The molecule has 1 aliphatic carbocycles. The molecule has 2 aliphatic rings. The molecule has 0 saturated carbocycles. The van der Waals surface area contributed by atoms with E-state index < -0.39 is 76.3 Å². The Kier molecular flexibility index (Phi) is 6.05. The van der Waals surface area contributed by atoms with Gasteiger partial charge in [-0.2, -0.15) is 8.78 Å². The number of benzene rings is 1. The van der Waals surface area contributed by atoms with E-state index >= 15 is 0 Å². The maximum absolute atomic E-state index is 13.8. The number of ether oxygens (including phenoxy) is 4. The Balaban J connectivity index is 1.98. The van der Waals surface area contributed by atoms with Crippen molar-refractivity contribution >= 4 is 11.9 Å². The highest BCUT2D eigenvalue weighted by Crippen LogP contribution is 2.43. The van der Waals surface area contributed by atoms with Gasteiger partial charge in [-0.05, 0) is 19.1 Å². The number of esters is 2. The predicted octanol–water partition coefficient (Wildman–Crippen LogP) is 2.27. The van der Waals surface area contributed by atoms with Gasteiger partial charge in [0.25, 0.3) is 0 Å². The van der Waals surface area contributed by atoms with E-state index in [2.05, 4.69) is 9.47 Å². The fourth-order valence-corrected chi connectivity index (χ4v) is 3.30. The molecule has 1 N–H and O–H groups in total. The van der Waals surface area contributed by atoms with E-state index in [1.807, 2.05) is 0 Å². The first-order valence-corrected chi connectivity index (χ1v) is 8.80. The maximum atomic E-state index is 13.8. The van der Waals surface area contributed by atoms with Gasteiger partial charge in [-0.1, -0.05) is 6.08 Å². The minimum Gasteiger partial charge on any atom is -0.467 e. The Labute approximate surface area is 171 Å². The predicted molar refractivity (Wildman–Crippen MR) is 89.5 cm³/mol. The van der Waals surface area contributed by atoms with Gasteiger partial charge in [0.2, 0.25) is 46.9 Å². The highest BCUT2D eigenvalue weighted by molar-refractivity contribution is 5.89. The minimum atomic E-state index is -2.43. The van der Waals surface area contributed by atoms with Crippen LogP contribution in [0.15, 0.2) is 24.0 Å². The molecule has 0 bridgehead atoms. The van der Waals surface area contributed by atoms with Crippen LogP contribution in [0.25, 0.3) is 0 Å². The second-order valence-corrected chi connectivity index (χ2v) is 6.54. The molecule has 1 aromatic carbocycles. The van der Waals surface area contributed by atoms with Crippen molar-refractivity contribution in [2.75, 3.05) is 13.7 Å². The largest absolute Gasteiger partial charge is 0.467 e. The van der Waals surface area contributed by atoms with Crippen LogP contribution in [0.5, 0.6) is 5.75 Å². The van der Waals surface area contributed by atoms with Crippen molar-refractivity contribution in [1.29, 1.82) is 0 Å². The van der Waals surface area contributed by atoms with Crippen molar-refractivity contribution in [2.24, 2.45) is 11.8 Å². The molecule has 0 spiro atoms. The number of hydrogen-bond acceptors (Lipinski definition) is 7. The molecule has 0 fully saturated rings. The first-order valence-electron chi connectivity index (χ1n) is 8.80. The SMILES string of the molecule is CCO[C@H]1OC(C(=O)Oc2c(F)c(F)c(F)c(F)c2F)=C[C@H]2[C@@H]1C=C[C@@]2(O)C(=O)OC. The van der Waals surface area contributed by atoms with E-state index in [9.17, 15) is 36.6 Å². The van der Waals surface area contributed by atoms with E-state index in [1.165, 1.54) is 6.08 Å². The number of methoxy groups -OCH3 is 1. The summed E-state index contributed by atoms with van der Waals surface area (Å²) in [7, 11) is 1.02. The van der Waals surface area contributed by atoms with Crippen LogP contribution in [0.1, 0.15) is 6.92 Å². The molecule has 0 aromatic heterocycles. The first-order chi connectivity index (χ1) is 14.6. The van der Waals surface area contributed by atoms with Crippen LogP contribution in [0, 0.1) is 40.9 Å². The lowest BCUT2D eigenvalue weighted by atomic mass is 9.82. The van der Waals surface area contributed by atoms with Crippen molar-refractivity contribution in [3.05, 3.63) is 53.1 Å². The molecule has 7 nitrogen and oxygen atoms in total. The number of fused-ring (bicyclic) bond motifs is 1. The smallest absolute Gasteiger partial charge is 0.378 e. The van der Waals surface area contributed by atoms with Crippen LogP contribution in [-0.2, 0) is 23.8 Å². The molecule has 0 unspecified atom stereocenters. The van der Waals surface area contributed by atoms with E-state index in [0.29, 0.717) is 0 Å². The van der Waals surface area contributed by atoms with Gasteiger partial charge in [-0.3, -0.25) is 0 Å². The Morgan fingerprint density at radius 3 is 2.23 bits per heavy atom. The van der Waals surface area contributed by atoms with Gasteiger partial charge in [0.05, 0.1) is 7.11 Å². The summed E-state index contributed by atoms with van der Waals surface area (Å²) < 4.78 is 87.1. The summed E-state index contributed by atoms with van der Waals surface area (Å²) in [6, 6.07) is 0. The standard InChI is InChI=1S/C19H15F5O7/c1-3-29-17-7-4-5-19(27,18(26)28-2)8(7)6-9(30-17)16(25)31-15-13(23)11(21)10(20)12(22)14(15)24/h4-8,17,27H,3H2,1-2H3/t7-,8-,17-,19-/m0/s1. The van der Waals surface area contributed by atoms with Crippen molar-refractivity contribution in [3.8, 4) is 5.75 Å². The summed E-state index contributed by atoms with van der Waals surface area (Å²) in [6.07, 6.45) is 2.18. The number of rotatable bonds is 5. The Morgan fingerprint density at radius 1 is 1.10 bits per heavy atom. The number of aliphatic hydroxyl groups is 1. The number of hydrogen-bond donors (Lipinski definition) is 1. The Bertz CT molecular complexity index is 963. The van der Waals surface area contributed by atoms with Gasteiger partial charge < -0.3 is 24.1 Å². The average Bonchev–Trinajstić information content (AvgIpc) is 3.11. The lowest BCUT2D eigenvalue weighted by Gasteiger charge is -2.36. The number of carbonyl (C=O) groups is 2. The zero-order valence-corrected chi connectivity index (χ0v) is 16.0. The van der Waals surface area contributed by atoms with Crippen LogP contribution < -0.4 is 4.74 Å². The molecule has 0 saturated heterocycles.